The van der Waals surface area contributed by atoms with Crippen molar-refractivity contribution in [3.63, 3.8) is 0 Å². The van der Waals surface area contributed by atoms with Gasteiger partial charge in [0.25, 0.3) is 0 Å². The molecule has 2 N–H and O–H groups in total. The Morgan fingerprint density at radius 1 is 0.939 bits per heavy atom. The molecule has 1 aromatic heterocycles. The summed E-state index contributed by atoms with van der Waals surface area (Å²) in [6, 6.07) is 25.1. The smallest absolute Gasteiger partial charge is 0.206 e. The molecule has 0 saturated heterocycles. The zero-order valence-corrected chi connectivity index (χ0v) is 19.0. The second-order valence-electron chi connectivity index (χ2n) is 8.31. The van der Waals surface area contributed by atoms with Crippen LogP contribution >= 0.6 is 0 Å². The summed E-state index contributed by atoms with van der Waals surface area (Å²) in [7, 11) is 3.89. The van der Waals surface area contributed by atoms with E-state index in [2.05, 4.69) is 5.32 Å². The van der Waals surface area contributed by atoms with E-state index >= 15 is 0 Å². The van der Waals surface area contributed by atoms with E-state index in [1.807, 2.05) is 92.6 Å². The van der Waals surface area contributed by atoms with Gasteiger partial charge < -0.3 is 15.6 Å². The Labute approximate surface area is 193 Å². The number of fused-ring (bicyclic) bond motifs is 1. The van der Waals surface area contributed by atoms with Gasteiger partial charge in [0, 0.05) is 34.7 Å². The average molecular weight is 438 g/mol. The van der Waals surface area contributed by atoms with Crippen LogP contribution in [0.25, 0.3) is 22.3 Å². The number of carbonyl (C=O) groups is 1. The van der Waals surface area contributed by atoms with Crippen LogP contribution in [0.2, 0.25) is 0 Å². The van der Waals surface area contributed by atoms with E-state index in [-0.39, 0.29) is 17.5 Å². The molecule has 1 heterocycles. The van der Waals surface area contributed by atoms with Crippen molar-refractivity contribution in [2.75, 3.05) is 19.4 Å². The summed E-state index contributed by atoms with van der Waals surface area (Å²) in [5, 5.41) is 12.5. The van der Waals surface area contributed by atoms with Gasteiger partial charge in [-0.2, -0.15) is 0 Å². The number of aromatic nitrogens is 2. The predicted molar refractivity (Wildman–Crippen MR) is 135 cm³/mol. The van der Waals surface area contributed by atoms with Crippen molar-refractivity contribution in [2.45, 2.75) is 19.4 Å². The molecule has 0 radical (unpaired) electrons. The summed E-state index contributed by atoms with van der Waals surface area (Å²) in [6.07, 6.45) is 0.418. The largest absolute Gasteiger partial charge is 0.340 e. The third-order valence-corrected chi connectivity index (χ3v) is 5.70. The van der Waals surface area contributed by atoms with Gasteiger partial charge >= 0.3 is 0 Å². The molecule has 0 aliphatic rings. The topological polar surface area (TPSA) is 82.0 Å². The number of rotatable bonds is 8. The fraction of sp³-hybridized carbons (Fsp3) is 0.185. The van der Waals surface area contributed by atoms with Crippen molar-refractivity contribution in [3.05, 3.63) is 84.4 Å². The first-order chi connectivity index (χ1) is 15.9. The van der Waals surface area contributed by atoms with E-state index < -0.39 is 0 Å². The highest BCUT2D eigenvalue weighted by Gasteiger charge is 2.17. The molecule has 0 amide bonds. The molecule has 166 valence electrons. The molecule has 33 heavy (non-hydrogen) atoms. The second kappa shape index (κ2) is 9.71. The molecule has 6 nitrogen and oxygen atoms in total. The molecule has 0 fully saturated rings. The van der Waals surface area contributed by atoms with Gasteiger partial charge in [0.2, 0.25) is 5.78 Å². The average Bonchev–Trinajstić information content (AvgIpc) is 2.84. The minimum Gasteiger partial charge on any atom is -0.340 e. The van der Waals surface area contributed by atoms with Crippen LogP contribution in [0.3, 0.4) is 0 Å². The Kier molecular flexibility index (Phi) is 6.56. The second-order valence-corrected chi connectivity index (χ2v) is 8.31. The lowest BCUT2D eigenvalue weighted by Gasteiger charge is -2.19. The standard InChI is InChI=1S/C27H27N5O/c1-18(32(2)3)17-23(28)25(33)19-13-15-21(16-14-19)29-27-22-11-7-8-12-24(22)30-26(31-27)20-9-5-4-6-10-20/h4-16,18,28H,17H2,1-3H3,(H,29,30,31). The quantitative estimate of drug-likeness (QED) is 0.278. The van der Waals surface area contributed by atoms with Crippen molar-refractivity contribution < 1.29 is 4.79 Å². The number of hydrogen-bond acceptors (Lipinski definition) is 6. The fourth-order valence-corrected chi connectivity index (χ4v) is 3.47. The molecule has 4 rings (SSSR count). The van der Waals surface area contributed by atoms with E-state index in [1.54, 1.807) is 12.1 Å². The summed E-state index contributed by atoms with van der Waals surface area (Å²) in [5.74, 6) is 1.10. The first kappa shape index (κ1) is 22.3. The normalized spacial score (nSPS) is 12.0. The Hall–Kier alpha value is -3.90. The lowest BCUT2D eigenvalue weighted by atomic mass is 10.0. The van der Waals surface area contributed by atoms with Gasteiger partial charge in [-0.1, -0.05) is 42.5 Å². The number of anilines is 2. The van der Waals surface area contributed by atoms with Crippen molar-refractivity contribution in [1.82, 2.24) is 14.9 Å². The summed E-state index contributed by atoms with van der Waals surface area (Å²) >= 11 is 0. The molecule has 0 saturated carbocycles. The molecular formula is C27H27N5O. The number of benzene rings is 3. The first-order valence-corrected chi connectivity index (χ1v) is 10.9. The SMILES string of the molecule is CC(CC(=N)C(=O)c1ccc(Nc2nc(-c3ccccc3)nc3ccccc23)cc1)N(C)C. The molecule has 3 aromatic carbocycles. The van der Waals surface area contributed by atoms with Gasteiger partial charge in [-0.05, 0) is 57.4 Å². The summed E-state index contributed by atoms with van der Waals surface area (Å²) in [5.41, 5.74) is 3.23. The lowest BCUT2D eigenvalue weighted by Crippen LogP contribution is -2.29. The summed E-state index contributed by atoms with van der Waals surface area (Å²) in [6.45, 7) is 2.00. The third kappa shape index (κ3) is 5.13. The van der Waals surface area contributed by atoms with Crippen LogP contribution in [0.1, 0.15) is 23.7 Å². The fourth-order valence-electron chi connectivity index (χ4n) is 3.47. The van der Waals surface area contributed by atoms with E-state index in [9.17, 15) is 4.79 Å². The number of nitrogens with one attached hydrogen (secondary N) is 2. The molecule has 0 bridgehead atoms. The molecule has 0 aliphatic heterocycles. The molecule has 0 spiro atoms. The van der Waals surface area contributed by atoms with Crippen molar-refractivity contribution in [2.24, 2.45) is 0 Å². The van der Waals surface area contributed by atoms with E-state index in [0.29, 0.717) is 23.6 Å². The Morgan fingerprint density at radius 2 is 1.61 bits per heavy atom. The van der Waals surface area contributed by atoms with Gasteiger partial charge in [-0.25, -0.2) is 9.97 Å². The maximum atomic E-state index is 12.7. The van der Waals surface area contributed by atoms with E-state index in [4.69, 9.17) is 15.4 Å². The van der Waals surface area contributed by atoms with Crippen LogP contribution in [-0.4, -0.2) is 46.5 Å². The molecular weight excluding hydrogens is 410 g/mol. The maximum Gasteiger partial charge on any atom is 0.206 e. The van der Waals surface area contributed by atoms with Crippen molar-refractivity contribution in [3.8, 4) is 11.4 Å². The number of nitrogens with zero attached hydrogens (tertiary/aromatic N) is 3. The van der Waals surface area contributed by atoms with E-state index in [1.165, 1.54) is 0 Å². The molecule has 4 aromatic rings. The van der Waals surface area contributed by atoms with Crippen molar-refractivity contribution in [1.29, 1.82) is 5.41 Å². The highest BCUT2D eigenvalue weighted by molar-refractivity contribution is 6.45. The highest BCUT2D eigenvalue weighted by atomic mass is 16.1. The minimum atomic E-state index is -0.242. The number of Topliss-reactive ketones (excluding diaryl/α,β-unsaturated/α-hetero) is 1. The number of para-hydroxylation sites is 1. The first-order valence-electron chi connectivity index (χ1n) is 10.9. The third-order valence-electron chi connectivity index (χ3n) is 5.70. The van der Waals surface area contributed by atoms with Crippen LogP contribution in [-0.2, 0) is 0 Å². The zero-order chi connectivity index (χ0) is 23.4. The van der Waals surface area contributed by atoms with Crippen LogP contribution in [0.4, 0.5) is 11.5 Å². The summed E-state index contributed by atoms with van der Waals surface area (Å²) in [4.78, 5) is 24.2. The van der Waals surface area contributed by atoms with Crippen molar-refractivity contribution >= 4 is 33.9 Å². The zero-order valence-electron chi connectivity index (χ0n) is 19.0. The van der Waals surface area contributed by atoms with Gasteiger partial charge in [0.05, 0.1) is 11.2 Å². The molecule has 1 atom stereocenters. The number of ketones is 1. The Balaban J connectivity index is 1.59. The highest BCUT2D eigenvalue weighted by Crippen LogP contribution is 2.27. The van der Waals surface area contributed by atoms with Gasteiger partial charge in [0.1, 0.15) is 5.82 Å². The van der Waals surface area contributed by atoms with Crippen LogP contribution in [0.5, 0.6) is 0 Å². The van der Waals surface area contributed by atoms with E-state index in [0.717, 1.165) is 22.2 Å². The minimum absolute atomic E-state index is 0.117. The lowest BCUT2D eigenvalue weighted by molar-refractivity contribution is 0.106. The number of carbonyl (C=O) groups excluding carboxylic acids is 1. The summed E-state index contributed by atoms with van der Waals surface area (Å²) < 4.78 is 0. The molecule has 6 heteroatoms. The van der Waals surface area contributed by atoms with Gasteiger partial charge in [0.15, 0.2) is 5.82 Å². The number of hydrogen-bond donors (Lipinski definition) is 2. The Bertz CT molecular complexity index is 1280. The Morgan fingerprint density at radius 3 is 2.30 bits per heavy atom. The van der Waals surface area contributed by atoms with Gasteiger partial charge in [-0.3, -0.25) is 4.79 Å². The van der Waals surface area contributed by atoms with Crippen LogP contribution < -0.4 is 5.32 Å². The van der Waals surface area contributed by atoms with Gasteiger partial charge in [-0.15, -0.1) is 0 Å². The maximum absolute atomic E-state index is 12.7. The molecule has 1 unspecified atom stereocenters. The molecule has 0 aliphatic carbocycles. The predicted octanol–water partition coefficient (Wildman–Crippen LogP) is 5.58. The van der Waals surface area contributed by atoms with Crippen LogP contribution in [0.15, 0.2) is 78.9 Å². The van der Waals surface area contributed by atoms with Crippen LogP contribution in [0, 0.1) is 5.41 Å². The monoisotopic (exact) mass is 437 g/mol.